The molecule has 4 nitrogen and oxygen atoms in total. The van der Waals surface area contributed by atoms with Crippen LogP contribution in [0.25, 0.3) is 0 Å². The van der Waals surface area contributed by atoms with Gasteiger partial charge in [0.05, 0.1) is 6.04 Å². The van der Waals surface area contributed by atoms with E-state index in [-0.39, 0.29) is 6.04 Å². The fourth-order valence-corrected chi connectivity index (χ4v) is 6.22. The number of hydrogen-bond acceptors (Lipinski definition) is 4. The third kappa shape index (κ3) is 1.81. The summed E-state index contributed by atoms with van der Waals surface area (Å²) in [4.78, 5) is 8.38. The second-order valence-electron chi connectivity index (χ2n) is 7.91. The maximum Gasteiger partial charge on any atom is 0.115 e. The molecule has 3 atom stereocenters. The van der Waals surface area contributed by atoms with Crippen molar-refractivity contribution < 1.29 is 0 Å². The molecule has 4 aliphatic rings. The fourth-order valence-electron chi connectivity index (χ4n) is 6.22. The van der Waals surface area contributed by atoms with Crippen molar-refractivity contribution in [2.45, 2.75) is 51.5 Å². The van der Waals surface area contributed by atoms with Gasteiger partial charge in [-0.25, -0.2) is 9.97 Å². The topological polar surface area (TPSA) is 63.8 Å². The van der Waals surface area contributed by atoms with Crippen LogP contribution in [-0.2, 0) is 0 Å². The van der Waals surface area contributed by atoms with E-state index in [4.69, 9.17) is 5.84 Å². The Hall–Kier alpha value is -1.00. The number of hydrazine groups is 1. The molecule has 108 valence electrons. The van der Waals surface area contributed by atoms with Crippen molar-refractivity contribution >= 4 is 0 Å². The van der Waals surface area contributed by atoms with Gasteiger partial charge in [-0.2, -0.15) is 0 Å². The predicted octanol–water partition coefficient (Wildman–Crippen LogP) is 2.59. The zero-order valence-corrected chi connectivity index (χ0v) is 12.2. The summed E-state index contributed by atoms with van der Waals surface area (Å²) in [5.41, 5.74) is 5.12. The Morgan fingerprint density at radius 2 is 1.85 bits per heavy atom. The number of nitrogens with zero attached hydrogens (tertiary/aromatic N) is 2. The lowest BCUT2D eigenvalue weighted by Gasteiger charge is -2.63. The number of nitrogens with two attached hydrogens (primary N) is 1. The highest BCUT2D eigenvalue weighted by Gasteiger charge is 2.58. The summed E-state index contributed by atoms with van der Waals surface area (Å²) in [7, 11) is 0. The van der Waals surface area contributed by atoms with Gasteiger partial charge in [0, 0.05) is 18.0 Å². The minimum Gasteiger partial charge on any atom is -0.271 e. The van der Waals surface area contributed by atoms with Crippen LogP contribution in [0.1, 0.15) is 57.1 Å². The number of hydrogen-bond donors (Lipinski definition) is 2. The SMILES string of the molecule is CC12CC3CC(C1)CC(C(NN)c1cncnc1)(C3)C2. The molecule has 3 unspecified atom stereocenters. The molecule has 4 saturated carbocycles. The number of rotatable bonds is 3. The molecule has 1 aromatic rings. The van der Waals surface area contributed by atoms with Gasteiger partial charge in [-0.3, -0.25) is 11.3 Å². The zero-order valence-electron chi connectivity index (χ0n) is 12.2. The first-order chi connectivity index (χ1) is 9.62. The van der Waals surface area contributed by atoms with Crippen molar-refractivity contribution in [1.29, 1.82) is 0 Å². The first-order valence-electron chi connectivity index (χ1n) is 7.84. The van der Waals surface area contributed by atoms with E-state index in [2.05, 4.69) is 22.3 Å². The second kappa shape index (κ2) is 4.25. The van der Waals surface area contributed by atoms with Crippen LogP contribution in [0, 0.1) is 22.7 Å². The molecule has 4 bridgehead atoms. The maximum absolute atomic E-state index is 5.96. The number of aromatic nitrogens is 2. The molecule has 0 aliphatic heterocycles. The molecule has 0 spiro atoms. The van der Waals surface area contributed by atoms with Gasteiger partial charge in [0.25, 0.3) is 0 Å². The van der Waals surface area contributed by atoms with E-state index < -0.39 is 0 Å². The van der Waals surface area contributed by atoms with Crippen LogP contribution in [-0.4, -0.2) is 9.97 Å². The Morgan fingerprint density at radius 3 is 2.40 bits per heavy atom. The van der Waals surface area contributed by atoms with Gasteiger partial charge in [-0.1, -0.05) is 6.92 Å². The molecule has 0 aromatic carbocycles. The summed E-state index contributed by atoms with van der Waals surface area (Å²) in [5, 5.41) is 0. The third-order valence-corrected chi connectivity index (χ3v) is 6.09. The molecule has 20 heavy (non-hydrogen) atoms. The molecule has 4 heteroatoms. The third-order valence-electron chi connectivity index (χ3n) is 6.09. The molecule has 0 saturated heterocycles. The van der Waals surface area contributed by atoms with E-state index in [1.165, 1.54) is 38.5 Å². The minimum atomic E-state index is 0.203. The highest BCUT2D eigenvalue weighted by molar-refractivity contribution is 5.19. The first kappa shape index (κ1) is 12.7. The lowest BCUT2D eigenvalue weighted by Crippen LogP contribution is -2.56. The molecule has 4 fully saturated rings. The average molecular weight is 272 g/mol. The monoisotopic (exact) mass is 272 g/mol. The average Bonchev–Trinajstić information content (AvgIpc) is 2.37. The Kier molecular flexibility index (Phi) is 2.70. The molecule has 5 rings (SSSR count). The Labute approximate surface area is 120 Å². The van der Waals surface area contributed by atoms with Gasteiger partial charge in [0.2, 0.25) is 0 Å². The summed E-state index contributed by atoms with van der Waals surface area (Å²) in [6.07, 6.45) is 13.7. The fraction of sp³-hybridized carbons (Fsp3) is 0.750. The summed E-state index contributed by atoms with van der Waals surface area (Å²) >= 11 is 0. The van der Waals surface area contributed by atoms with Gasteiger partial charge < -0.3 is 0 Å². The van der Waals surface area contributed by atoms with Crippen molar-refractivity contribution in [3.05, 3.63) is 24.3 Å². The van der Waals surface area contributed by atoms with Crippen molar-refractivity contribution in [3.8, 4) is 0 Å². The largest absolute Gasteiger partial charge is 0.271 e. The summed E-state index contributed by atoms with van der Waals surface area (Å²) in [6, 6.07) is 0.203. The van der Waals surface area contributed by atoms with Crippen molar-refractivity contribution in [2.75, 3.05) is 0 Å². The Bertz CT molecular complexity index is 486. The smallest absolute Gasteiger partial charge is 0.115 e. The van der Waals surface area contributed by atoms with Gasteiger partial charge in [-0.15, -0.1) is 0 Å². The number of nitrogens with one attached hydrogen (secondary N) is 1. The van der Waals surface area contributed by atoms with Gasteiger partial charge in [0.15, 0.2) is 0 Å². The Morgan fingerprint density at radius 1 is 1.20 bits per heavy atom. The van der Waals surface area contributed by atoms with E-state index in [1.54, 1.807) is 6.33 Å². The molecular formula is C16H24N4. The highest BCUT2D eigenvalue weighted by Crippen LogP contribution is 2.68. The minimum absolute atomic E-state index is 0.203. The van der Waals surface area contributed by atoms with Gasteiger partial charge in [-0.05, 0) is 61.2 Å². The van der Waals surface area contributed by atoms with Crippen LogP contribution in [0.2, 0.25) is 0 Å². The second-order valence-corrected chi connectivity index (χ2v) is 7.91. The lowest BCUT2D eigenvalue weighted by atomic mass is 9.43. The van der Waals surface area contributed by atoms with Crippen molar-refractivity contribution in [3.63, 3.8) is 0 Å². The Balaban J connectivity index is 1.73. The summed E-state index contributed by atoms with van der Waals surface area (Å²) in [5.74, 6) is 7.77. The van der Waals surface area contributed by atoms with E-state index in [9.17, 15) is 0 Å². The van der Waals surface area contributed by atoms with Crippen molar-refractivity contribution in [2.24, 2.45) is 28.5 Å². The van der Waals surface area contributed by atoms with Crippen LogP contribution in [0.4, 0.5) is 0 Å². The molecule has 0 amide bonds. The predicted molar refractivity (Wildman–Crippen MR) is 77.3 cm³/mol. The van der Waals surface area contributed by atoms with Gasteiger partial charge in [0.1, 0.15) is 6.33 Å². The van der Waals surface area contributed by atoms with Crippen LogP contribution in [0.3, 0.4) is 0 Å². The standard InChI is InChI=1S/C16H24N4/c1-15-3-11-2-12(4-15)6-16(5-11,9-15)14(20-17)13-7-18-10-19-8-13/h7-8,10-12,14,20H,2-6,9,17H2,1H3. The van der Waals surface area contributed by atoms with E-state index in [1.807, 2.05) is 12.4 Å². The summed E-state index contributed by atoms with van der Waals surface area (Å²) in [6.45, 7) is 2.49. The normalized spacial score (nSPS) is 43.7. The molecule has 1 heterocycles. The lowest BCUT2D eigenvalue weighted by molar-refractivity contribution is -0.119. The van der Waals surface area contributed by atoms with Gasteiger partial charge >= 0.3 is 0 Å². The highest BCUT2D eigenvalue weighted by atomic mass is 15.2. The quantitative estimate of drug-likeness (QED) is 0.656. The molecular weight excluding hydrogens is 248 g/mol. The van der Waals surface area contributed by atoms with Crippen LogP contribution < -0.4 is 11.3 Å². The molecule has 1 aromatic heterocycles. The molecule has 3 N–H and O–H groups in total. The molecule has 0 radical (unpaired) electrons. The van der Waals surface area contributed by atoms with Crippen LogP contribution in [0.5, 0.6) is 0 Å². The maximum atomic E-state index is 5.96. The molecule has 4 aliphatic carbocycles. The van der Waals surface area contributed by atoms with E-state index in [0.29, 0.717) is 10.8 Å². The first-order valence-corrected chi connectivity index (χ1v) is 7.84. The zero-order chi connectivity index (χ0) is 13.8. The van der Waals surface area contributed by atoms with Crippen molar-refractivity contribution in [1.82, 2.24) is 15.4 Å². The van der Waals surface area contributed by atoms with E-state index >= 15 is 0 Å². The van der Waals surface area contributed by atoms with Crippen LogP contribution in [0.15, 0.2) is 18.7 Å². The van der Waals surface area contributed by atoms with E-state index in [0.717, 1.165) is 17.4 Å². The summed E-state index contributed by atoms with van der Waals surface area (Å²) < 4.78 is 0. The van der Waals surface area contributed by atoms with Crippen LogP contribution >= 0.6 is 0 Å².